The first-order valence-electron chi connectivity index (χ1n) is 7.09. The van der Waals surface area contributed by atoms with E-state index in [1.54, 1.807) is 6.07 Å². The van der Waals surface area contributed by atoms with Gasteiger partial charge in [-0.3, -0.25) is 0 Å². The summed E-state index contributed by atoms with van der Waals surface area (Å²) in [7, 11) is -2.48. The summed E-state index contributed by atoms with van der Waals surface area (Å²) in [6.45, 7) is 0. The maximum absolute atomic E-state index is 12.7. The van der Waals surface area contributed by atoms with Gasteiger partial charge in [-0.2, -0.15) is 13.2 Å². The summed E-state index contributed by atoms with van der Waals surface area (Å²) < 4.78 is 75.4. The van der Waals surface area contributed by atoms with Gasteiger partial charge in [0.05, 0.1) is 29.5 Å². The summed E-state index contributed by atoms with van der Waals surface area (Å²) >= 11 is 9.12. The van der Waals surface area contributed by atoms with Crippen molar-refractivity contribution in [2.75, 3.05) is 13.4 Å². The Morgan fingerprint density at radius 3 is 2.37 bits per heavy atom. The molecule has 0 aliphatic rings. The lowest BCUT2D eigenvalue weighted by molar-refractivity contribution is -0.137. The van der Waals surface area contributed by atoms with Crippen LogP contribution in [0.25, 0.3) is 0 Å². The van der Waals surface area contributed by atoms with Crippen molar-refractivity contribution in [1.29, 1.82) is 0 Å². The molecule has 0 unspecified atom stereocenters. The van der Waals surface area contributed by atoms with Gasteiger partial charge >= 0.3 is 6.18 Å². The van der Waals surface area contributed by atoms with Gasteiger partial charge in [-0.05, 0) is 52.3 Å². The van der Waals surface area contributed by atoms with E-state index in [2.05, 4.69) is 20.3 Å². The van der Waals surface area contributed by atoms with Gasteiger partial charge in [0.2, 0.25) is 5.90 Å². The normalized spacial score (nSPS) is 12.8. The molecule has 2 rings (SSSR count). The SMILES string of the molecule is COC(=NS(C)(=O)=O)c1cc(Oc2ccc(C(F)(F)F)cc2Cl)ccc1Br. The quantitative estimate of drug-likeness (QED) is 0.436. The van der Waals surface area contributed by atoms with Crippen molar-refractivity contribution in [3.05, 3.63) is 57.0 Å². The first-order valence-corrected chi connectivity index (χ1v) is 10.1. The average molecular weight is 487 g/mol. The Labute approximate surface area is 166 Å². The number of sulfonamides is 1. The molecular weight excluding hydrogens is 475 g/mol. The molecule has 2 aromatic rings. The third-order valence-electron chi connectivity index (χ3n) is 3.10. The molecule has 27 heavy (non-hydrogen) atoms. The molecule has 0 amide bonds. The molecule has 0 aliphatic carbocycles. The second-order valence-electron chi connectivity index (χ2n) is 5.22. The van der Waals surface area contributed by atoms with Crippen molar-refractivity contribution < 1.29 is 31.1 Å². The van der Waals surface area contributed by atoms with E-state index in [1.165, 1.54) is 19.2 Å². The zero-order chi connectivity index (χ0) is 20.4. The molecular formula is C16H12BrClF3NO4S. The highest BCUT2D eigenvalue weighted by Gasteiger charge is 2.31. The van der Waals surface area contributed by atoms with Crippen LogP contribution in [0.3, 0.4) is 0 Å². The minimum atomic E-state index is -4.53. The van der Waals surface area contributed by atoms with Gasteiger partial charge in [-0.1, -0.05) is 11.6 Å². The summed E-state index contributed by atoms with van der Waals surface area (Å²) in [6.07, 6.45) is -3.62. The van der Waals surface area contributed by atoms with Crippen LogP contribution in [0.15, 0.2) is 45.3 Å². The molecule has 0 radical (unpaired) electrons. The van der Waals surface area contributed by atoms with Crippen LogP contribution >= 0.6 is 27.5 Å². The molecule has 0 saturated carbocycles. The zero-order valence-corrected chi connectivity index (χ0v) is 17.0. The van der Waals surface area contributed by atoms with Gasteiger partial charge in [0, 0.05) is 4.47 Å². The predicted molar refractivity (Wildman–Crippen MR) is 99.1 cm³/mol. The molecule has 0 saturated heterocycles. The van der Waals surface area contributed by atoms with E-state index < -0.39 is 21.8 Å². The highest BCUT2D eigenvalue weighted by atomic mass is 79.9. The van der Waals surface area contributed by atoms with E-state index in [0.717, 1.165) is 24.5 Å². The van der Waals surface area contributed by atoms with Crippen LogP contribution in [-0.2, 0) is 20.9 Å². The van der Waals surface area contributed by atoms with Crippen LogP contribution in [0.2, 0.25) is 5.02 Å². The van der Waals surface area contributed by atoms with Crippen LogP contribution in [0.5, 0.6) is 11.5 Å². The molecule has 0 heterocycles. The summed E-state index contributed by atoms with van der Waals surface area (Å²) in [5.74, 6) is -0.00147. The summed E-state index contributed by atoms with van der Waals surface area (Å²) in [4.78, 5) is 0. The van der Waals surface area contributed by atoms with Crippen LogP contribution < -0.4 is 4.74 Å². The molecule has 0 fully saturated rings. The van der Waals surface area contributed by atoms with Crippen molar-refractivity contribution in [2.24, 2.45) is 4.40 Å². The highest BCUT2D eigenvalue weighted by Crippen LogP contribution is 2.37. The summed E-state index contributed by atoms with van der Waals surface area (Å²) in [5, 5.41) is -0.230. The van der Waals surface area contributed by atoms with Gasteiger partial charge in [-0.25, -0.2) is 8.42 Å². The van der Waals surface area contributed by atoms with Crippen molar-refractivity contribution >= 4 is 43.5 Å². The second kappa shape index (κ2) is 8.07. The minimum Gasteiger partial charge on any atom is -0.480 e. The third kappa shape index (κ3) is 5.85. The van der Waals surface area contributed by atoms with Gasteiger partial charge in [-0.15, -0.1) is 4.40 Å². The maximum Gasteiger partial charge on any atom is 0.416 e. The van der Waals surface area contributed by atoms with Crippen LogP contribution in [0.4, 0.5) is 13.2 Å². The van der Waals surface area contributed by atoms with E-state index in [0.29, 0.717) is 4.47 Å². The topological polar surface area (TPSA) is 65.0 Å². The smallest absolute Gasteiger partial charge is 0.416 e. The predicted octanol–water partition coefficient (Wildman–Crippen LogP) is 5.27. The number of ether oxygens (including phenoxy) is 2. The number of hydrogen-bond donors (Lipinski definition) is 0. The summed E-state index contributed by atoms with van der Waals surface area (Å²) in [6, 6.07) is 7.14. The van der Waals surface area contributed by atoms with Crippen molar-refractivity contribution in [3.63, 3.8) is 0 Å². The molecule has 146 valence electrons. The Kier molecular flexibility index (Phi) is 6.43. The standard InChI is InChI=1S/C16H12BrClF3NO4S/c1-25-15(22-27(2,23)24)11-8-10(4-5-12(11)17)26-14-6-3-9(7-13(14)18)16(19,20)21/h3-8H,1-2H3. The number of halogens is 5. The molecule has 2 aromatic carbocycles. The molecule has 11 heteroatoms. The van der Waals surface area contributed by atoms with Gasteiger partial charge in [0.25, 0.3) is 10.0 Å². The fraction of sp³-hybridized carbons (Fsp3) is 0.188. The largest absolute Gasteiger partial charge is 0.480 e. The fourth-order valence-electron chi connectivity index (χ4n) is 1.97. The number of benzene rings is 2. The third-order valence-corrected chi connectivity index (χ3v) is 4.58. The van der Waals surface area contributed by atoms with Crippen LogP contribution in [0.1, 0.15) is 11.1 Å². The molecule has 0 aromatic heterocycles. The van der Waals surface area contributed by atoms with Crippen molar-refractivity contribution in [3.8, 4) is 11.5 Å². The van der Waals surface area contributed by atoms with Gasteiger partial charge < -0.3 is 9.47 Å². The first-order chi connectivity index (χ1) is 12.4. The van der Waals surface area contributed by atoms with E-state index in [4.69, 9.17) is 21.1 Å². The average Bonchev–Trinajstić information content (AvgIpc) is 2.54. The van der Waals surface area contributed by atoms with E-state index in [-0.39, 0.29) is 28.0 Å². The number of hydrogen-bond acceptors (Lipinski definition) is 4. The zero-order valence-electron chi connectivity index (χ0n) is 13.8. The second-order valence-corrected chi connectivity index (χ2v) is 8.13. The molecule has 0 spiro atoms. The monoisotopic (exact) mass is 485 g/mol. The molecule has 0 aliphatic heterocycles. The lowest BCUT2D eigenvalue weighted by Crippen LogP contribution is -2.08. The summed E-state index contributed by atoms with van der Waals surface area (Å²) in [5.41, 5.74) is -0.637. The number of rotatable bonds is 4. The van der Waals surface area contributed by atoms with Crippen molar-refractivity contribution in [1.82, 2.24) is 0 Å². The lowest BCUT2D eigenvalue weighted by atomic mass is 10.2. The Morgan fingerprint density at radius 2 is 1.85 bits per heavy atom. The Bertz CT molecular complexity index is 994. The Balaban J connectivity index is 2.41. The molecule has 0 bridgehead atoms. The first kappa shape index (κ1) is 21.5. The number of alkyl halides is 3. The maximum atomic E-state index is 12.7. The lowest BCUT2D eigenvalue weighted by Gasteiger charge is -2.13. The number of methoxy groups -OCH3 is 1. The van der Waals surface area contributed by atoms with Crippen LogP contribution in [0, 0.1) is 0 Å². The van der Waals surface area contributed by atoms with Crippen LogP contribution in [-0.4, -0.2) is 27.7 Å². The van der Waals surface area contributed by atoms with E-state index >= 15 is 0 Å². The van der Waals surface area contributed by atoms with E-state index in [1.807, 2.05) is 0 Å². The number of nitrogens with zero attached hydrogens (tertiary/aromatic N) is 1. The molecule has 5 nitrogen and oxygen atoms in total. The van der Waals surface area contributed by atoms with Crippen molar-refractivity contribution in [2.45, 2.75) is 6.18 Å². The fourth-order valence-corrected chi connectivity index (χ4v) is 3.08. The van der Waals surface area contributed by atoms with Gasteiger partial charge in [0.15, 0.2) is 0 Å². The molecule has 0 atom stereocenters. The minimum absolute atomic E-state index is 0.00282. The molecule has 0 N–H and O–H groups in total. The Hall–Kier alpha value is -1.78. The van der Waals surface area contributed by atoms with E-state index in [9.17, 15) is 21.6 Å². The van der Waals surface area contributed by atoms with Gasteiger partial charge in [0.1, 0.15) is 11.5 Å². The Morgan fingerprint density at radius 1 is 1.19 bits per heavy atom. The highest BCUT2D eigenvalue weighted by molar-refractivity contribution is 9.10.